The minimum Gasteiger partial charge on any atom is -0.462 e. The van der Waals surface area contributed by atoms with Gasteiger partial charge < -0.3 is 9.30 Å². The number of imidazole rings is 1. The first-order valence-corrected chi connectivity index (χ1v) is 7.53. The van der Waals surface area contributed by atoms with E-state index in [1.807, 2.05) is 12.5 Å². The van der Waals surface area contributed by atoms with Gasteiger partial charge in [0.15, 0.2) is 0 Å². The van der Waals surface area contributed by atoms with Gasteiger partial charge in [-0.05, 0) is 38.5 Å². The van der Waals surface area contributed by atoms with E-state index < -0.39 is 0 Å². The van der Waals surface area contributed by atoms with E-state index >= 15 is 0 Å². The van der Waals surface area contributed by atoms with E-state index in [1.54, 1.807) is 0 Å². The summed E-state index contributed by atoms with van der Waals surface area (Å²) in [6.07, 6.45) is 13.9. The van der Waals surface area contributed by atoms with Crippen molar-refractivity contribution in [3.63, 3.8) is 0 Å². The second-order valence-electron chi connectivity index (χ2n) is 5.82. The molecular formula is C15H22N2O2. The van der Waals surface area contributed by atoms with Gasteiger partial charge in [0.2, 0.25) is 0 Å². The fourth-order valence-electron chi connectivity index (χ4n) is 3.25. The Labute approximate surface area is 114 Å². The highest BCUT2D eigenvalue weighted by molar-refractivity contribution is 5.72. The largest absolute Gasteiger partial charge is 0.462 e. The summed E-state index contributed by atoms with van der Waals surface area (Å²) in [5.41, 5.74) is 0.842. The number of rotatable bonds is 4. The number of hydrogen-bond acceptors (Lipinski definition) is 3. The predicted octanol–water partition coefficient (Wildman–Crippen LogP) is 3.03. The van der Waals surface area contributed by atoms with Gasteiger partial charge in [0.05, 0.1) is 18.4 Å². The standard InChI is InChI=1S/C15H22N2O2/c18-15(19-14-7-3-4-8-14)9-12-10-17(11-16-12)13-5-1-2-6-13/h10-11,13-14H,1-9H2. The van der Waals surface area contributed by atoms with Crippen molar-refractivity contribution in [3.8, 4) is 0 Å². The Morgan fingerprint density at radius 2 is 1.89 bits per heavy atom. The highest BCUT2D eigenvalue weighted by atomic mass is 16.5. The highest BCUT2D eigenvalue weighted by Gasteiger charge is 2.21. The molecule has 2 saturated carbocycles. The van der Waals surface area contributed by atoms with Crippen LogP contribution in [0.25, 0.3) is 0 Å². The van der Waals surface area contributed by atoms with Gasteiger partial charge in [-0.25, -0.2) is 4.98 Å². The summed E-state index contributed by atoms with van der Waals surface area (Å²) in [5, 5.41) is 0. The van der Waals surface area contributed by atoms with Crippen molar-refractivity contribution in [2.24, 2.45) is 0 Å². The van der Waals surface area contributed by atoms with Crippen LogP contribution in [0.3, 0.4) is 0 Å². The van der Waals surface area contributed by atoms with Crippen LogP contribution < -0.4 is 0 Å². The van der Waals surface area contributed by atoms with Crippen molar-refractivity contribution in [1.29, 1.82) is 0 Å². The zero-order valence-corrected chi connectivity index (χ0v) is 11.4. The lowest BCUT2D eigenvalue weighted by molar-refractivity contribution is -0.147. The molecule has 4 heteroatoms. The maximum atomic E-state index is 11.8. The molecule has 0 saturated heterocycles. The molecule has 0 aromatic carbocycles. The maximum absolute atomic E-state index is 11.8. The van der Waals surface area contributed by atoms with E-state index in [0.29, 0.717) is 12.5 Å². The number of ether oxygens (including phenoxy) is 1. The Bertz CT molecular complexity index is 429. The summed E-state index contributed by atoms with van der Waals surface area (Å²) in [6.45, 7) is 0. The second-order valence-corrected chi connectivity index (χ2v) is 5.82. The quantitative estimate of drug-likeness (QED) is 0.783. The van der Waals surface area contributed by atoms with Crippen molar-refractivity contribution in [2.75, 3.05) is 0 Å². The maximum Gasteiger partial charge on any atom is 0.312 e. The molecule has 19 heavy (non-hydrogen) atoms. The molecule has 1 aromatic heterocycles. The van der Waals surface area contributed by atoms with Crippen LogP contribution in [-0.2, 0) is 16.0 Å². The van der Waals surface area contributed by atoms with Crippen molar-refractivity contribution < 1.29 is 9.53 Å². The van der Waals surface area contributed by atoms with Crippen molar-refractivity contribution in [3.05, 3.63) is 18.2 Å². The Morgan fingerprint density at radius 1 is 1.21 bits per heavy atom. The van der Waals surface area contributed by atoms with Gasteiger partial charge in [0, 0.05) is 12.2 Å². The number of carbonyl (C=O) groups excluding carboxylic acids is 1. The van der Waals surface area contributed by atoms with Gasteiger partial charge in [-0.15, -0.1) is 0 Å². The van der Waals surface area contributed by atoms with Crippen LogP contribution in [0, 0.1) is 0 Å². The van der Waals surface area contributed by atoms with E-state index in [0.717, 1.165) is 18.5 Å². The average molecular weight is 262 g/mol. The highest BCUT2D eigenvalue weighted by Crippen LogP contribution is 2.29. The number of aromatic nitrogens is 2. The molecular weight excluding hydrogens is 240 g/mol. The summed E-state index contributed by atoms with van der Waals surface area (Å²) in [4.78, 5) is 16.2. The van der Waals surface area contributed by atoms with E-state index in [9.17, 15) is 4.79 Å². The summed E-state index contributed by atoms with van der Waals surface area (Å²) in [5.74, 6) is -0.122. The molecule has 0 unspecified atom stereocenters. The molecule has 4 nitrogen and oxygen atoms in total. The minimum absolute atomic E-state index is 0.122. The average Bonchev–Trinajstić information content (AvgIpc) is 3.09. The van der Waals surface area contributed by atoms with Crippen LogP contribution in [0.2, 0.25) is 0 Å². The first-order valence-electron chi connectivity index (χ1n) is 7.53. The van der Waals surface area contributed by atoms with Crippen LogP contribution in [-0.4, -0.2) is 21.6 Å². The fraction of sp³-hybridized carbons (Fsp3) is 0.733. The normalized spacial score (nSPS) is 21.1. The lowest BCUT2D eigenvalue weighted by atomic mass is 10.2. The van der Waals surface area contributed by atoms with Gasteiger partial charge in [-0.1, -0.05) is 12.8 Å². The number of esters is 1. The SMILES string of the molecule is O=C(Cc1cn(C2CCCC2)cn1)OC1CCCC1. The van der Waals surface area contributed by atoms with Gasteiger partial charge in [-0.3, -0.25) is 4.79 Å². The smallest absolute Gasteiger partial charge is 0.312 e. The van der Waals surface area contributed by atoms with E-state index in [4.69, 9.17) is 4.74 Å². The summed E-state index contributed by atoms with van der Waals surface area (Å²) < 4.78 is 7.63. The molecule has 0 bridgehead atoms. The molecule has 1 heterocycles. The molecule has 0 atom stereocenters. The van der Waals surface area contributed by atoms with Crippen molar-refractivity contribution >= 4 is 5.97 Å². The van der Waals surface area contributed by atoms with Crippen molar-refractivity contribution in [2.45, 2.75) is 69.9 Å². The molecule has 1 aromatic rings. The molecule has 0 radical (unpaired) electrons. The third-order valence-electron chi connectivity index (χ3n) is 4.33. The molecule has 2 fully saturated rings. The summed E-state index contributed by atoms with van der Waals surface area (Å²) in [7, 11) is 0. The number of carbonyl (C=O) groups is 1. The van der Waals surface area contributed by atoms with Crippen LogP contribution in [0.15, 0.2) is 12.5 Å². The molecule has 0 amide bonds. The molecule has 3 rings (SSSR count). The van der Waals surface area contributed by atoms with Gasteiger partial charge in [-0.2, -0.15) is 0 Å². The first-order chi connectivity index (χ1) is 9.31. The predicted molar refractivity (Wildman–Crippen MR) is 71.8 cm³/mol. The van der Waals surface area contributed by atoms with Crippen molar-refractivity contribution in [1.82, 2.24) is 9.55 Å². The third kappa shape index (κ3) is 3.17. The number of nitrogens with zero attached hydrogens (tertiary/aromatic N) is 2. The lowest BCUT2D eigenvalue weighted by Gasteiger charge is -2.10. The van der Waals surface area contributed by atoms with Gasteiger partial charge in [0.25, 0.3) is 0 Å². The number of hydrogen-bond donors (Lipinski definition) is 0. The molecule has 0 spiro atoms. The van der Waals surface area contributed by atoms with Crippen LogP contribution >= 0.6 is 0 Å². The monoisotopic (exact) mass is 262 g/mol. The molecule has 2 aliphatic carbocycles. The van der Waals surface area contributed by atoms with Crippen LogP contribution in [0.1, 0.15) is 63.1 Å². The Hall–Kier alpha value is -1.32. The zero-order valence-electron chi connectivity index (χ0n) is 11.4. The Kier molecular flexibility index (Phi) is 3.85. The molecule has 2 aliphatic rings. The van der Waals surface area contributed by atoms with E-state index in [2.05, 4.69) is 9.55 Å². The van der Waals surface area contributed by atoms with Crippen LogP contribution in [0.5, 0.6) is 0 Å². The molecule has 104 valence electrons. The summed E-state index contributed by atoms with van der Waals surface area (Å²) in [6, 6.07) is 0.590. The topological polar surface area (TPSA) is 44.1 Å². The molecule has 0 N–H and O–H groups in total. The third-order valence-corrected chi connectivity index (χ3v) is 4.33. The molecule has 0 aliphatic heterocycles. The van der Waals surface area contributed by atoms with Gasteiger partial charge in [0.1, 0.15) is 6.10 Å². The lowest BCUT2D eigenvalue weighted by Crippen LogP contribution is -2.16. The Morgan fingerprint density at radius 3 is 2.63 bits per heavy atom. The summed E-state index contributed by atoms with van der Waals surface area (Å²) >= 11 is 0. The Balaban J connectivity index is 1.52. The van der Waals surface area contributed by atoms with E-state index in [-0.39, 0.29) is 12.1 Å². The zero-order chi connectivity index (χ0) is 13.1. The van der Waals surface area contributed by atoms with E-state index in [1.165, 1.54) is 38.5 Å². The van der Waals surface area contributed by atoms with Crippen LogP contribution in [0.4, 0.5) is 0 Å². The fourth-order valence-corrected chi connectivity index (χ4v) is 3.25. The first kappa shape index (κ1) is 12.7. The van der Waals surface area contributed by atoms with Gasteiger partial charge >= 0.3 is 5.97 Å². The minimum atomic E-state index is -0.122. The second kappa shape index (κ2) is 5.76.